The van der Waals surface area contributed by atoms with Crippen molar-refractivity contribution in [2.45, 2.75) is 26.6 Å². The van der Waals surface area contributed by atoms with Gasteiger partial charge in [-0.05, 0) is 42.3 Å². The van der Waals surface area contributed by atoms with E-state index in [0.29, 0.717) is 0 Å². The number of hydrogen-bond donors (Lipinski definition) is 2. The quantitative estimate of drug-likeness (QED) is 0.337. The minimum Gasteiger partial charge on any atom is -0.473 e. The monoisotopic (exact) mass is 551 g/mol. The summed E-state index contributed by atoms with van der Waals surface area (Å²) in [6.07, 6.45) is 0. The number of rotatable bonds is 5. The van der Waals surface area contributed by atoms with Crippen LogP contribution in [0.2, 0.25) is 0 Å². The van der Waals surface area contributed by atoms with Crippen LogP contribution in [-0.2, 0) is 29.2 Å². The van der Waals surface area contributed by atoms with E-state index < -0.39 is 11.9 Å². The lowest BCUT2D eigenvalue weighted by molar-refractivity contribution is -0.159. The predicted molar refractivity (Wildman–Crippen MR) is 145 cm³/mol. The van der Waals surface area contributed by atoms with Crippen molar-refractivity contribution >= 4 is 49.7 Å². The number of piperazine rings is 1. The van der Waals surface area contributed by atoms with E-state index in [1.54, 1.807) is 0 Å². The van der Waals surface area contributed by atoms with Crippen molar-refractivity contribution in [1.29, 1.82) is 0 Å². The molecule has 0 saturated carbocycles. The molecular weight excluding hydrogens is 522 g/mol. The molecule has 4 aromatic rings. The van der Waals surface area contributed by atoms with Crippen molar-refractivity contribution in [1.82, 2.24) is 14.4 Å². The SMILES string of the molecule is CCn1c2ccccc2c2cc(CN3CCN(Cc4ccccc4Br)CC3)ccc21.O=C(O)C(=O)O. The minimum absolute atomic E-state index is 1.00. The number of carboxylic acid groups (broad SMARTS) is 2. The second-order valence-corrected chi connectivity index (χ2v) is 9.72. The standard InChI is InChI=1S/C26H28BrN3.C2H2O4/c1-2-30-25-10-6-4-8-22(25)23-17-20(11-12-26(23)30)18-28-13-15-29(16-14-28)19-21-7-3-5-9-24(21)27;3-1(4)2(5)6/h3-12,17H,2,13-16,18-19H2,1H3;(H,3,4)(H,5,6). The van der Waals surface area contributed by atoms with Gasteiger partial charge in [-0.15, -0.1) is 0 Å². The molecule has 1 aliphatic rings. The highest BCUT2D eigenvalue weighted by Crippen LogP contribution is 2.30. The molecule has 5 rings (SSSR count). The third-order valence-corrected chi connectivity index (χ3v) is 7.33. The molecule has 8 heteroatoms. The van der Waals surface area contributed by atoms with Crippen LogP contribution in [0.4, 0.5) is 0 Å². The first kappa shape index (κ1) is 25.9. The molecule has 0 atom stereocenters. The van der Waals surface area contributed by atoms with Gasteiger partial charge in [0.2, 0.25) is 0 Å². The molecule has 1 aromatic heterocycles. The van der Waals surface area contributed by atoms with E-state index in [-0.39, 0.29) is 0 Å². The third-order valence-electron chi connectivity index (χ3n) is 6.56. The number of para-hydroxylation sites is 1. The van der Waals surface area contributed by atoms with Crippen LogP contribution in [0.1, 0.15) is 18.1 Å². The van der Waals surface area contributed by atoms with Gasteiger partial charge >= 0.3 is 11.9 Å². The number of carbonyl (C=O) groups is 2. The van der Waals surface area contributed by atoms with E-state index in [1.165, 1.54) is 37.4 Å². The van der Waals surface area contributed by atoms with E-state index >= 15 is 0 Å². The summed E-state index contributed by atoms with van der Waals surface area (Å²) >= 11 is 3.68. The lowest BCUT2D eigenvalue weighted by atomic mass is 10.1. The highest BCUT2D eigenvalue weighted by Gasteiger charge is 2.18. The molecule has 0 radical (unpaired) electrons. The number of benzene rings is 3. The summed E-state index contributed by atoms with van der Waals surface area (Å²) in [5.74, 6) is -3.65. The predicted octanol–water partition coefficient (Wildman–Crippen LogP) is 5.05. The molecule has 1 fully saturated rings. The van der Waals surface area contributed by atoms with Crippen LogP contribution >= 0.6 is 15.9 Å². The van der Waals surface area contributed by atoms with Crippen LogP contribution in [-0.4, -0.2) is 62.7 Å². The summed E-state index contributed by atoms with van der Waals surface area (Å²) in [6.45, 7) is 9.79. The summed E-state index contributed by atoms with van der Waals surface area (Å²) < 4.78 is 3.64. The highest BCUT2D eigenvalue weighted by atomic mass is 79.9. The topological polar surface area (TPSA) is 86.0 Å². The molecule has 7 nitrogen and oxygen atoms in total. The van der Waals surface area contributed by atoms with Gasteiger partial charge in [0, 0.05) is 72.1 Å². The van der Waals surface area contributed by atoms with Gasteiger partial charge in [0.15, 0.2) is 0 Å². The lowest BCUT2D eigenvalue weighted by Gasteiger charge is -2.35. The molecule has 36 heavy (non-hydrogen) atoms. The van der Waals surface area contributed by atoms with E-state index in [2.05, 4.69) is 104 Å². The van der Waals surface area contributed by atoms with Crippen LogP contribution < -0.4 is 0 Å². The first-order chi connectivity index (χ1) is 17.4. The summed E-state index contributed by atoms with van der Waals surface area (Å²) in [7, 11) is 0. The van der Waals surface area contributed by atoms with Crippen molar-refractivity contribution in [3.8, 4) is 0 Å². The summed E-state index contributed by atoms with van der Waals surface area (Å²) in [5, 5.41) is 17.5. The Labute approximate surface area is 218 Å². The highest BCUT2D eigenvalue weighted by molar-refractivity contribution is 9.10. The normalized spacial score (nSPS) is 14.5. The van der Waals surface area contributed by atoms with E-state index in [9.17, 15) is 0 Å². The molecule has 2 heterocycles. The summed E-state index contributed by atoms with van der Waals surface area (Å²) in [5.41, 5.74) is 5.48. The zero-order valence-electron chi connectivity index (χ0n) is 20.2. The fourth-order valence-electron chi connectivity index (χ4n) is 4.77. The van der Waals surface area contributed by atoms with Crippen LogP contribution in [0.3, 0.4) is 0 Å². The average molecular weight is 552 g/mol. The Balaban J connectivity index is 0.000000455. The maximum atomic E-state index is 9.10. The van der Waals surface area contributed by atoms with Crippen molar-refractivity contribution < 1.29 is 19.8 Å². The number of aryl methyl sites for hydroxylation is 1. The van der Waals surface area contributed by atoms with Gasteiger partial charge in [0.1, 0.15) is 0 Å². The number of aliphatic carboxylic acids is 2. The largest absolute Gasteiger partial charge is 0.473 e. The van der Waals surface area contributed by atoms with E-state index in [1.807, 2.05) is 0 Å². The number of aromatic nitrogens is 1. The third kappa shape index (κ3) is 5.95. The molecule has 188 valence electrons. The van der Waals surface area contributed by atoms with Gasteiger partial charge in [-0.25, -0.2) is 9.59 Å². The van der Waals surface area contributed by atoms with Gasteiger partial charge in [0.25, 0.3) is 0 Å². The number of nitrogens with zero attached hydrogens (tertiary/aromatic N) is 3. The van der Waals surface area contributed by atoms with Crippen LogP contribution in [0.5, 0.6) is 0 Å². The lowest BCUT2D eigenvalue weighted by Crippen LogP contribution is -2.45. The maximum Gasteiger partial charge on any atom is 0.414 e. The molecule has 1 aliphatic heterocycles. The van der Waals surface area contributed by atoms with Crippen molar-refractivity contribution in [3.63, 3.8) is 0 Å². The molecule has 0 spiro atoms. The minimum atomic E-state index is -1.82. The van der Waals surface area contributed by atoms with Crippen molar-refractivity contribution in [2.24, 2.45) is 0 Å². The Morgan fingerprint density at radius 2 is 1.36 bits per heavy atom. The molecule has 2 N–H and O–H groups in total. The average Bonchev–Trinajstić information content (AvgIpc) is 3.20. The van der Waals surface area contributed by atoms with E-state index in [0.717, 1.165) is 45.8 Å². The number of hydrogen-bond acceptors (Lipinski definition) is 4. The number of halogens is 1. The zero-order chi connectivity index (χ0) is 25.7. The van der Waals surface area contributed by atoms with Gasteiger partial charge in [-0.3, -0.25) is 9.80 Å². The van der Waals surface area contributed by atoms with Crippen LogP contribution in [0.15, 0.2) is 71.2 Å². The second kappa shape index (κ2) is 11.7. The molecule has 0 amide bonds. The molecule has 1 saturated heterocycles. The van der Waals surface area contributed by atoms with Crippen LogP contribution in [0, 0.1) is 0 Å². The fourth-order valence-corrected chi connectivity index (χ4v) is 5.18. The Morgan fingerprint density at radius 3 is 2.00 bits per heavy atom. The molecule has 3 aromatic carbocycles. The molecule has 0 aliphatic carbocycles. The first-order valence-corrected chi connectivity index (χ1v) is 12.8. The Morgan fingerprint density at radius 1 is 0.778 bits per heavy atom. The Kier molecular flexibility index (Phi) is 8.40. The zero-order valence-corrected chi connectivity index (χ0v) is 21.8. The Hall–Kier alpha value is -3.20. The number of fused-ring (bicyclic) bond motifs is 3. The fraction of sp³-hybridized carbons (Fsp3) is 0.286. The number of carboxylic acids is 2. The van der Waals surface area contributed by atoms with Crippen LogP contribution in [0.25, 0.3) is 21.8 Å². The smallest absolute Gasteiger partial charge is 0.414 e. The van der Waals surface area contributed by atoms with Gasteiger partial charge in [0.05, 0.1) is 0 Å². The molecule has 0 unspecified atom stereocenters. The molecular formula is C28H30BrN3O4. The second-order valence-electron chi connectivity index (χ2n) is 8.87. The molecule has 0 bridgehead atoms. The Bertz CT molecular complexity index is 1360. The van der Waals surface area contributed by atoms with Crippen molar-refractivity contribution in [3.05, 3.63) is 82.3 Å². The maximum absolute atomic E-state index is 9.10. The van der Waals surface area contributed by atoms with Gasteiger partial charge < -0.3 is 14.8 Å². The van der Waals surface area contributed by atoms with Gasteiger partial charge in [-0.1, -0.05) is 58.4 Å². The summed E-state index contributed by atoms with van der Waals surface area (Å²) in [6, 6.07) is 24.4. The van der Waals surface area contributed by atoms with E-state index in [4.69, 9.17) is 19.8 Å². The summed E-state index contributed by atoms with van der Waals surface area (Å²) in [4.78, 5) is 23.4. The van der Waals surface area contributed by atoms with Gasteiger partial charge in [-0.2, -0.15) is 0 Å². The van der Waals surface area contributed by atoms with Crippen molar-refractivity contribution in [2.75, 3.05) is 26.2 Å². The first-order valence-electron chi connectivity index (χ1n) is 12.0.